The molecule has 1 aromatic rings. The number of alkyl halides is 3. The van der Waals surface area contributed by atoms with Crippen molar-refractivity contribution in [2.45, 2.75) is 46.0 Å². The van der Waals surface area contributed by atoms with Gasteiger partial charge in [0.15, 0.2) is 0 Å². The highest BCUT2D eigenvalue weighted by atomic mass is 35.5. The molecule has 0 saturated carbocycles. The van der Waals surface area contributed by atoms with Gasteiger partial charge in [0.25, 0.3) is 0 Å². The van der Waals surface area contributed by atoms with E-state index in [2.05, 4.69) is 5.32 Å². The molecule has 0 saturated heterocycles. The Bertz CT molecular complexity index is 467. The van der Waals surface area contributed by atoms with Crippen molar-refractivity contribution in [2.24, 2.45) is 0 Å². The first kappa shape index (κ1) is 18.1. The predicted molar refractivity (Wildman–Crippen MR) is 82.0 cm³/mol. The molecule has 0 amide bonds. The molecular weight excluding hydrogens is 301 g/mol. The standard InChI is InChI=1S/C15H22ClF3N2/c1-5-21(10-15(17,18)19)13-8-6-7-12(16)11(13)9-20-14(2,3)4/h6-8,20H,5,9-10H2,1-4H3. The molecule has 0 aromatic heterocycles. The maximum absolute atomic E-state index is 12.7. The maximum atomic E-state index is 12.7. The SMILES string of the molecule is CCN(CC(F)(F)F)c1cccc(Cl)c1CNC(C)(C)C. The van der Waals surface area contributed by atoms with Gasteiger partial charge in [-0.25, -0.2) is 0 Å². The van der Waals surface area contributed by atoms with Crippen molar-refractivity contribution in [1.82, 2.24) is 5.32 Å². The third kappa shape index (κ3) is 6.14. The molecule has 0 bridgehead atoms. The summed E-state index contributed by atoms with van der Waals surface area (Å²) in [4.78, 5) is 1.30. The average molecular weight is 323 g/mol. The van der Waals surface area contributed by atoms with E-state index in [0.29, 0.717) is 22.8 Å². The minimum Gasteiger partial charge on any atom is -0.363 e. The quantitative estimate of drug-likeness (QED) is 0.851. The van der Waals surface area contributed by atoms with E-state index in [4.69, 9.17) is 11.6 Å². The summed E-state index contributed by atoms with van der Waals surface area (Å²) in [7, 11) is 0. The van der Waals surface area contributed by atoms with Crippen LogP contribution < -0.4 is 10.2 Å². The monoisotopic (exact) mass is 322 g/mol. The zero-order valence-electron chi connectivity index (χ0n) is 12.8. The predicted octanol–water partition coefficient (Wildman–Crippen LogP) is 4.62. The van der Waals surface area contributed by atoms with Gasteiger partial charge in [-0.1, -0.05) is 17.7 Å². The Morgan fingerprint density at radius 3 is 2.29 bits per heavy atom. The van der Waals surface area contributed by atoms with Crippen LogP contribution in [0.1, 0.15) is 33.3 Å². The van der Waals surface area contributed by atoms with Gasteiger partial charge in [-0.3, -0.25) is 0 Å². The van der Waals surface area contributed by atoms with Gasteiger partial charge in [0.1, 0.15) is 6.54 Å². The summed E-state index contributed by atoms with van der Waals surface area (Å²) in [5.74, 6) is 0. The minimum atomic E-state index is -4.24. The van der Waals surface area contributed by atoms with Crippen LogP contribution in [0, 0.1) is 0 Å². The molecule has 0 aliphatic rings. The van der Waals surface area contributed by atoms with E-state index in [1.807, 2.05) is 20.8 Å². The lowest BCUT2D eigenvalue weighted by atomic mass is 10.1. The molecule has 0 atom stereocenters. The molecule has 0 fully saturated rings. The normalized spacial score (nSPS) is 12.6. The summed E-state index contributed by atoms with van der Waals surface area (Å²) in [6, 6.07) is 5.06. The van der Waals surface area contributed by atoms with Crippen molar-refractivity contribution in [3.8, 4) is 0 Å². The molecule has 1 aromatic carbocycles. The molecule has 0 spiro atoms. The Morgan fingerprint density at radius 2 is 1.81 bits per heavy atom. The molecule has 6 heteroatoms. The molecule has 0 aliphatic heterocycles. The molecular formula is C15H22ClF3N2. The number of rotatable bonds is 5. The first-order chi connectivity index (χ1) is 9.53. The van der Waals surface area contributed by atoms with Crippen LogP contribution in [0.2, 0.25) is 5.02 Å². The van der Waals surface area contributed by atoms with Gasteiger partial charge in [0.2, 0.25) is 0 Å². The minimum absolute atomic E-state index is 0.141. The smallest absolute Gasteiger partial charge is 0.363 e. The Morgan fingerprint density at radius 1 is 1.19 bits per heavy atom. The molecule has 0 aliphatic carbocycles. The van der Waals surface area contributed by atoms with Crippen molar-refractivity contribution in [3.05, 3.63) is 28.8 Å². The molecule has 0 heterocycles. The molecule has 1 rings (SSSR count). The van der Waals surface area contributed by atoms with E-state index in [1.54, 1.807) is 25.1 Å². The average Bonchev–Trinajstić information content (AvgIpc) is 2.32. The fourth-order valence-electron chi connectivity index (χ4n) is 1.96. The number of anilines is 1. The summed E-state index contributed by atoms with van der Waals surface area (Å²) in [6.45, 7) is 7.40. The highest BCUT2D eigenvalue weighted by Crippen LogP contribution is 2.30. The zero-order chi connectivity index (χ0) is 16.3. The number of hydrogen-bond donors (Lipinski definition) is 1. The van der Waals surface area contributed by atoms with Crippen molar-refractivity contribution in [2.75, 3.05) is 18.0 Å². The van der Waals surface area contributed by atoms with E-state index in [0.717, 1.165) is 0 Å². The van der Waals surface area contributed by atoms with Gasteiger partial charge in [-0.2, -0.15) is 13.2 Å². The van der Waals surface area contributed by atoms with Crippen LogP contribution in [0.3, 0.4) is 0 Å². The van der Waals surface area contributed by atoms with Crippen molar-refractivity contribution < 1.29 is 13.2 Å². The largest absolute Gasteiger partial charge is 0.405 e. The summed E-state index contributed by atoms with van der Waals surface area (Å²) < 4.78 is 38.1. The highest BCUT2D eigenvalue weighted by Gasteiger charge is 2.31. The second-order valence-corrected chi connectivity index (χ2v) is 6.38. The number of nitrogens with one attached hydrogen (secondary N) is 1. The van der Waals surface area contributed by atoms with E-state index >= 15 is 0 Å². The van der Waals surface area contributed by atoms with Gasteiger partial charge in [0, 0.05) is 34.9 Å². The summed E-state index contributed by atoms with van der Waals surface area (Å²) in [6.07, 6.45) is -4.24. The Hall–Kier alpha value is -0.940. The van der Waals surface area contributed by atoms with Gasteiger partial charge in [-0.15, -0.1) is 0 Å². The Balaban J connectivity index is 3.07. The van der Waals surface area contributed by atoms with Gasteiger partial charge in [-0.05, 0) is 39.8 Å². The van der Waals surface area contributed by atoms with Crippen LogP contribution in [0.5, 0.6) is 0 Å². The molecule has 120 valence electrons. The third-order valence-corrected chi connectivity index (χ3v) is 3.34. The number of hydrogen-bond acceptors (Lipinski definition) is 2. The van der Waals surface area contributed by atoms with Gasteiger partial charge >= 0.3 is 6.18 Å². The first-order valence-corrected chi connectivity index (χ1v) is 7.25. The fourth-order valence-corrected chi connectivity index (χ4v) is 2.19. The highest BCUT2D eigenvalue weighted by molar-refractivity contribution is 6.31. The molecule has 2 nitrogen and oxygen atoms in total. The summed E-state index contributed by atoms with van der Waals surface area (Å²) >= 11 is 6.18. The second-order valence-electron chi connectivity index (χ2n) is 5.97. The molecule has 0 radical (unpaired) electrons. The van der Waals surface area contributed by atoms with E-state index < -0.39 is 12.7 Å². The van der Waals surface area contributed by atoms with Crippen molar-refractivity contribution in [1.29, 1.82) is 0 Å². The summed E-state index contributed by atoms with van der Waals surface area (Å²) in [5, 5.41) is 3.75. The van der Waals surface area contributed by atoms with Crippen LogP contribution >= 0.6 is 11.6 Å². The first-order valence-electron chi connectivity index (χ1n) is 6.87. The lowest BCUT2D eigenvalue weighted by Crippen LogP contribution is -2.37. The number of halogens is 4. The number of benzene rings is 1. The van der Waals surface area contributed by atoms with Crippen LogP contribution in [0.15, 0.2) is 18.2 Å². The van der Waals surface area contributed by atoms with Gasteiger partial charge in [0.05, 0.1) is 0 Å². The zero-order valence-corrected chi connectivity index (χ0v) is 13.6. The fraction of sp³-hybridized carbons (Fsp3) is 0.600. The van der Waals surface area contributed by atoms with Crippen LogP contribution in [-0.4, -0.2) is 24.8 Å². The van der Waals surface area contributed by atoms with Crippen LogP contribution in [-0.2, 0) is 6.54 Å². The van der Waals surface area contributed by atoms with Crippen molar-refractivity contribution in [3.63, 3.8) is 0 Å². The Kier molecular flexibility index (Phi) is 5.93. The van der Waals surface area contributed by atoms with E-state index in [1.165, 1.54) is 4.90 Å². The topological polar surface area (TPSA) is 15.3 Å². The lowest BCUT2D eigenvalue weighted by molar-refractivity contribution is -0.119. The molecule has 0 unspecified atom stereocenters. The van der Waals surface area contributed by atoms with Crippen LogP contribution in [0.25, 0.3) is 0 Å². The molecule has 1 N–H and O–H groups in total. The maximum Gasteiger partial charge on any atom is 0.405 e. The Labute approximate surface area is 129 Å². The summed E-state index contributed by atoms with van der Waals surface area (Å²) in [5.41, 5.74) is 1.08. The number of nitrogens with zero attached hydrogens (tertiary/aromatic N) is 1. The lowest BCUT2D eigenvalue weighted by Gasteiger charge is -2.29. The van der Waals surface area contributed by atoms with Crippen LogP contribution in [0.4, 0.5) is 18.9 Å². The third-order valence-electron chi connectivity index (χ3n) is 2.98. The van der Waals surface area contributed by atoms with Crippen molar-refractivity contribution >= 4 is 17.3 Å². The second kappa shape index (κ2) is 6.88. The van der Waals surface area contributed by atoms with E-state index in [9.17, 15) is 13.2 Å². The van der Waals surface area contributed by atoms with E-state index in [-0.39, 0.29) is 12.1 Å². The molecule has 21 heavy (non-hydrogen) atoms. The van der Waals surface area contributed by atoms with Gasteiger partial charge < -0.3 is 10.2 Å².